The van der Waals surface area contributed by atoms with Gasteiger partial charge in [-0.25, -0.2) is 0 Å². The summed E-state index contributed by atoms with van der Waals surface area (Å²) in [4.78, 5) is 4.33. The molecule has 3 rings (SSSR count). The minimum absolute atomic E-state index is 0.347. The molecule has 1 N–H and O–H groups in total. The van der Waals surface area contributed by atoms with Gasteiger partial charge in [0.1, 0.15) is 11.8 Å². The number of rotatable bonds is 5. The van der Waals surface area contributed by atoms with Crippen LogP contribution in [0.1, 0.15) is 5.56 Å². The molecular weight excluding hydrogens is 389 g/mol. The van der Waals surface area contributed by atoms with Crippen molar-refractivity contribution in [2.24, 2.45) is 0 Å². The summed E-state index contributed by atoms with van der Waals surface area (Å²) >= 11 is 12.4. The first-order valence-corrected chi connectivity index (χ1v) is 8.52. The summed E-state index contributed by atoms with van der Waals surface area (Å²) in [5.74, 6) is 1.52. The van der Waals surface area contributed by atoms with Gasteiger partial charge in [0.15, 0.2) is 11.5 Å². The van der Waals surface area contributed by atoms with Crippen LogP contribution in [0, 0.1) is 11.3 Å². The smallest absolute Gasteiger partial charge is 0.162 e. The van der Waals surface area contributed by atoms with Crippen LogP contribution in [-0.4, -0.2) is 26.3 Å². The quantitative estimate of drug-likeness (QED) is 0.631. The average Bonchev–Trinajstić information content (AvgIpc) is 2.68. The first-order valence-electron chi connectivity index (χ1n) is 7.77. The Hall–Kier alpha value is -2.88. The molecule has 138 valence electrons. The Morgan fingerprint density at radius 1 is 0.926 bits per heavy atom. The Kier molecular flexibility index (Phi) is 5.45. The van der Waals surface area contributed by atoms with Crippen molar-refractivity contribution in [3.63, 3.8) is 0 Å². The number of aromatic nitrogens is 1. The van der Waals surface area contributed by atoms with Crippen LogP contribution in [0.3, 0.4) is 0 Å². The van der Waals surface area contributed by atoms with E-state index in [0.717, 1.165) is 0 Å². The van der Waals surface area contributed by atoms with Gasteiger partial charge in [-0.1, -0.05) is 23.2 Å². The van der Waals surface area contributed by atoms with E-state index < -0.39 is 0 Å². The molecule has 0 atom stereocenters. The number of ether oxygens (including phenoxy) is 3. The van der Waals surface area contributed by atoms with Crippen LogP contribution in [0.25, 0.3) is 10.9 Å². The molecule has 1 aromatic heterocycles. The van der Waals surface area contributed by atoms with Crippen molar-refractivity contribution >= 4 is 45.5 Å². The molecule has 0 aliphatic rings. The molecule has 0 saturated carbocycles. The predicted molar refractivity (Wildman–Crippen MR) is 106 cm³/mol. The number of nitrogens with one attached hydrogen (secondary N) is 1. The van der Waals surface area contributed by atoms with Gasteiger partial charge >= 0.3 is 0 Å². The molecule has 0 saturated heterocycles. The lowest BCUT2D eigenvalue weighted by Gasteiger charge is -2.16. The van der Waals surface area contributed by atoms with E-state index in [-0.39, 0.29) is 0 Å². The zero-order valence-electron chi connectivity index (χ0n) is 14.8. The summed E-state index contributed by atoms with van der Waals surface area (Å²) in [7, 11) is 4.60. The number of nitriles is 1. The lowest BCUT2D eigenvalue weighted by atomic mass is 10.1. The fourth-order valence-electron chi connectivity index (χ4n) is 2.65. The third-order valence-electron chi connectivity index (χ3n) is 3.99. The number of fused-ring (bicyclic) bond motifs is 1. The minimum atomic E-state index is 0.347. The fraction of sp³-hybridized carbons (Fsp3) is 0.158. The van der Waals surface area contributed by atoms with Crippen molar-refractivity contribution in [2.75, 3.05) is 26.6 Å². The number of pyridine rings is 1. The molecule has 0 amide bonds. The summed E-state index contributed by atoms with van der Waals surface area (Å²) in [6.45, 7) is 0. The monoisotopic (exact) mass is 403 g/mol. The molecule has 2 aromatic carbocycles. The zero-order chi connectivity index (χ0) is 19.6. The van der Waals surface area contributed by atoms with Crippen molar-refractivity contribution in [1.82, 2.24) is 4.98 Å². The number of nitrogens with zero attached hydrogens (tertiary/aromatic N) is 2. The molecule has 8 heteroatoms. The van der Waals surface area contributed by atoms with Crippen molar-refractivity contribution in [1.29, 1.82) is 5.26 Å². The van der Waals surface area contributed by atoms with Gasteiger partial charge in [-0.3, -0.25) is 4.98 Å². The molecule has 0 radical (unpaired) electrons. The second-order valence-corrected chi connectivity index (χ2v) is 6.29. The van der Waals surface area contributed by atoms with E-state index in [4.69, 9.17) is 37.4 Å². The van der Waals surface area contributed by atoms with Gasteiger partial charge in [0.2, 0.25) is 0 Å². The maximum Gasteiger partial charge on any atom is 0.162 e. The van der Waals surface area contributed by atoms with Crippen LogP contribution in [0.5, 0.6) is 17.2 Å². The summed E-state index contributed by atoms with van der Waals surface area (Å²) < 4.78 is 15.9. The zero-order valence-corrected chi connectivity index (χ0v) is 16.3. The Labute approximate surface area is 166 Å². The average molecular weight is 404 g/mol. The number of methoxy groups -OCH3 is 3. The molecule has 6 nitrogen and oxygen atoms in total. The van der Waals surface area contributed by atoms with Crippen molar-refractivity contribution in [3.05, 3.63) is 46.1 Å². The number of halogens is 2. The normalized spacial score (nSPS) is 10.4. The van der Waals surface area contributed by atoms with Crippen LogP contribution in [-0.2, 0) is 0 Å². The molecule has 0 spiro atoms. The highest BCUT2D eigenvalue weighted by molar-refractivity contribution is 6.37. The Bertz CT molecular complexity index is 1060. The predicted octanol–water partition coefficient (Wildman–Crippen LogP) is 5.18. The van der Waals surface area contributed by atoms with Crippen LogP contribution in [0.2, 0.25) is 10.0 Å². The molecule has 0 unspecified atom stereocenters. The van der Waals surface area contributed by atoms with Crippen LogP contribution in [0.15, 0.2) is 30.5 Å². The molecule has 3 aromatic rings. The summed E-state index contributed by atoms with van der Waals surface area (Å²) in [5, 5.41) is 14.2. The number of anilines is 2. The highest BCUT2D eigenvalue weighted by atomic mass is 35.5. The maximum absolute atomic E-state index is 9.53. The van der Waals surface area contributed by atoms with Gasteiger partial charge in [-0.05, 0) is 12.1 Å². The van der Waals surface area contributed by atoms with E-state index in [1.165, 1.54) is 13.3 Å². The van der Waals surface area contributed by atoms with Gasteiger partial charge in [-0.2, -0.15) is 5.26 Å². The first kappa shape index (κ1) is 18.9. The highest BCUT2D eigenvalue weighted by Gasteiger charge is 2.16. The second-order valence-electron chi connectivity index (χ2n) is 5.47. The van der Waals surface area contributed by atoms with Crippen molar-refractivity contribution < 1.29 is 14.2 Å². The first-order chi connectivity index (χ1) is 13.0. The van der Waals surface area contributed by atoms with Gasteiger partial charge in [-0.15, -0.1) is 0 Å². The molecular formula is C19H15Cl2N3O3. The third kappa shape index (κ3) is 3.52. The van der Waals surface area contributed by atoms with Crippen LogP contribution >= 0.6 is 23.2 Å². The Balaban J connectivity index is 2.22. The minimum Gasteiger partial charge on any atom is -0.495 e. The number of hydrogen-bond acceptors (Lipinski definition) is 6. The third-order valence-corrected chi connectivity index (χ3v) is 4.60. The lowest BCUT2D eigenvalue weighted by Crippen LogP contribution is -1.99. The van der Waals surface area contributed by atoms with E-state index in [1.54, 1.807) is 38.5 Å². The van der Waals surface area contributed by atoms with Gasteiger partial charge in [0.25, 0.3) is 0 Å². The topological polar surface area (TPSA) is 76.4 Å². The van der Waals surface area contributed by atoms with E-state index in [0.29, 0.717) is 55.1 Å². The largest absolute Gasteiger partial charge is 0.495 e. The van der Waals surface area contributed by atoms with Gasteiger partial charge in [0, 0.05) is 23.7 Å². The molecule has 27 heavy (non-hydrogen) atoms. The molecule has 0 aliphatic heterocycles. The number of hydrogen-bond donors (Lipinski definition) is 1. The van der Waals surface area contributed by atoms with E-state index in [1.807, 2.05) is 0 Å². The number of benzene rings is 2. The highest BCUT2D eigenvalue weighted by Crippen LogP contribution is 2.40. The molecule has 0 aliphatic carbocycles. The van der Waals surface area contributed by atoms with Crippen LogP contribution < -0.4 is 19.5 Å². The Morgan fingerprint density at radius 3 is 2.22 bits per heavy atom. The maximum atomic E-state index is 9.53. The van der Waals surface area contributed by atoms with E-state index in [9.17, 15) is 5.26 Å². The standard InChI is InChI=1S/C19H15Cl2N3O3/c1-25-16-7-15(12(20)5-13(16)21)24-19-10(8-22)9-23-14-6-18(27-3)17(26-2)4-11(14)19/h4-7,9H,1-3H3,(H,23,24). The molecule has 1 heterocycles. The van der Waals surface area contributed by atoms with Gasteiger partial charge in [0.05, 0.1) is 53.8 Å². The van der Waals surface area contributed by atoms with Crippen molar-refractivity contribution in [2.45, 2.75) is 0 Å². The Morgan fingerprint density at radius 2 is 1.59 bits per heavy atom. The van der Waals surface area contributed by atoms with Crippen molar-refractivity contribution in [3.8, 4) is 23.3 Å². The van der Waals surface area contributed by atoms with Crippen LogP contribution in [0.4, 0.5) is 11.4 Å². The summed E-state index contributed by atoms with van der Waals surface area (Å²) in [6.07, 6.45) is 1.48. The SMILES string of the molecule is COc1cc(Nc2c(C#N)cnc3cc(OC)c(OC)cc23)c(Cl)cc1Cl. The summed E-state index contributed by atoms with van der Waals surface area (Å²) in [5.41, 5.74) is 2.05. The molecule has 0 bridgehead atoms. The lowest BCUT2D eigenvalue weighted by molar-refractivity contribution is 0.356. The fourth-order valence-corrected chi connectivity index (χ4v) is 3.16. The van der Waals surface area contributed by atoms with E-state index >= 15 is 0 Å². The van der Waals surface area contributed by atoms with Gasteiger partial charge < -0.3 is 19.5 Å². The summed E-state index contributed by atoms with van der Waals surface area (Å²) in [6, 6.07) is 8.87. The molecule has 0 fully saturated rings. The van der Waals surface area contributed by atoms with E-state index in [2.05, 4.69) is 16.4 Å². The second kappa shape index (κ2) is 7.78.